The average molecular weight is 508 g/mol. The third-order valence-corrected chi connectivity index (χ3v) is 6.97. The average Bonchev–Trinajstić information content (AvgIpc) is 2.89. The molecule has 206 valence electrons. The molecule has 0 aromatic heterocycles. The van der Waals surface area contributed by atoms with Gasteiger partial charge >= 0.3 is 0 Å². The lowest BCUT2D eigenvalue weighted by molar-refractivity contribution is -0.273. The number of ether oxygens (including phenoxy) is 2. The van der Waals surface area contributed by atoms with Crippen molar-refractivity contribution in [2.45, 2.75) is 134 Å². The maximum Gasteiger partial charge on any atom is 0.220 e. The number of aliphatic hydroxyl groups excluding tert-OH is 3. The summed E-state index contributed by atoms with van der Waals surface area (Å²) >= 11 is 0. The Morgan fingerprint density at radius 1 is 0.861 bits per heavy atom. The molecule has 0 radical (unpaired) electrons. The van der Waals surface area contributed by atoms with Gasteiger partial charge in [0, 0.05) is 6.42 Å². The number of carbonyl (C=O) groups excluding carboxylic acids is 1. The normalized spacial score (nSPS) is 24.1. The highest BCUT2D eigenvalue weighted by Crippen LogP contribution is 2.23. The Bertz CT molecular complexity index is 688. The summed E-state index contributed by atoms with van der Waals surface area (Å²) in [7, 11) is 0. The van der Waals surface area contributed by atoms with Gasteiger partial charge in [-0.05, 0) is 12.0 Å². The Morgan fingerprint density at radius 3 is 1.97 bits per heavy atom. The SMILES string of the molecule is CCCCCCCCCCCCCCCC(=O)N[C@@H]1[C@@H](OCc2ccccc2)O[C@H](CO)[C@@H](O)[C@@H]1O. The van der Waals surface area contributed by atoms with Crippen molar-refractivity contribution in [3.8, 4) is 0 Å². The molecule has 7 nitrogen and oxygen atoms in total. The van der Waals surface area contributed by atoms with Crippen LogP contribution in [0.1, 0.15) is 102 Å². The lowest BCUT2D eigenvalue weighted by atomic mass is 9.96. The van der Waals surface area contributed by atoms with E-state index in [1.807, 2.05) is 30.3 Å². The van der Waals surface area contributed by atoms with E-state index in [0.717, 1.165) is 24.8 Å². The van der Waals surface area contributed by atoms with Crippen LogP contribution >= 0.6 is 0 Å². The van der Waals surface area contributed by atoms with Gasteiger partial charge in [-0.1, -0.05) is 114 Å². The van der Waals surface area contributed by atoms with Gasteiger partial charge in [-0.25, -0.2) is 0 Å². The predicted octanol–water partition coefficient (Wildman–Crippen LogP) is 4.61. The van der Waals surface area contributed by atoms with Gasteiger partial charge in [-0.2, -0.15) is 0 Å². The monoisotopic (exact) mass is 507 g/mol. The Labute approximate surface area is 217 Å². The molecule has 0 aliphatic carbocycles. The van der Waals surface area contributed by atoms with Crippen LogP contribution in [-0.4, -0.2) is 58.5 Å². The summed E-state index contributed by atoms with van der Waals surface area (Å²) in [6.07, 6.45) is 11.9. The highest BCUT2D eigenvalue weighted by atomic mass is 16.7. The molecule has 4 N–H and O–H groups in total. The van der Waals surface area contributed by atoms with E-state index in [0.29, 0.717) is 6.42 Å². The van der Waals surface area contributed by atoms with Gasteiger partial charge in [0.2, 0.25) is 5.91 Å². The van der Waals surface area contributed by atoms with E-state index in [1.54, 1.807) is 0 Å². The molecule has 1 aliphatic rings. The molecule has 1 aromatic carbocycles. The van der Waals surface area contributed by atoms with E-state index in [9.17, 15) is 20.1 Å². The zero-order valence-corrected chi connectivity index (χ0v) is 22.2. The molecule has 1 heterocycles. The molecule has 36 heavy (non-hydrogen) atoms. The van der Waals surface area contributed by atoms with Crippen molar-refractivity contribution in [3.05, 3.63) is 35.9 Å². The Hall–Kier alpha value is -1.51. The number of nitrogens with one attached hydrogen (secondary N) is 1. The fraction of sp³-hybridized carbons (Fsp3) is 0.759. The van der Waals surface area contributed by atoms with Crippen molar-refractivity contribution in [1.29, 1.82) is 0 Å². The molecule has 1 aromatic rings. The number of hydrogen-bond donors (Lipinski definition) is 4. The van der Waals surface area contributed by atoms with Gasteiger partial charge in [-0.15, -0.1) is 0 Å². The lowest BCUT2D eigenvalue weighted by Gasteiger charge is -2.42. The van der Waals surface area contributed by atoms with Crippen molar-refractivity contribution >= 4 is 5.91 Å². The van der Waals surface area contributed by atoms with Crippen molar-refractivity contribution in [1.82, 2.24) is 5.32 Å². The van der Waals surface area contributed by atoms with E-state index in [-0.39, 0.29) is 12.5 Å². The fourth-order valence-corrected chi connectivity index (χ4v) is 4.69. The molecule has 1 saturated heterocycles. The largest absolute Gasteiger partial charge is 0.394 e. The zero-order valence-electron chi connectivity index (χ0n) is 22.2. The number of benzene rings is 1. The highest BCUT2D eigenvalue weighted by molar-refractivity contribution is 5.76. The van der Waals surface area contributed by atoms with Gasteiger partial charge in [0.25, 0.3) is 0 Å². The topological polar surface area (TPSA) is 108 Å². The predicted molar refractivity (Wildman–Crippen MR) is 141 cm³/mol. The molecular formula is C29H49NO6. The zero-order chi connectivity index (χ0) is 26.0. The minimum atomic E-state index is -1.31. The molecule has 5 atom stereocenters. The summed E-state index contributed by atoms with van der Waals surface area (Å²) in [5.41, 5.74) is 0.916. The summed E-state index contributed by atoms with van der Waals surface area (Å²) in [6.45, 7) is 2.01. The van der Waals surface area contributed by atoms with Crippen LogP contribution in [0.5, 0.6) is 0 Å². The van der Waals surface area contributed by atoms with Crippen LogP contribution in [0.4, 0.5) is 0 Å². The summed E-state index contributed by atoms with van der Waals surface area (Å²) in [5, 5.41) is 33.2. The van der Waals surface area contributed by atoms with Crippen LogP contribution in [0.25, 0.3) is 0 Å². The number of amides is 1. The number of carbonyl (C=O) groups is 1. The van der Waals surface area contributed by atoms with E-state index < -0.39 is 37.3 Å². The molecule has 0 saturated carbocycles. The van der Waals surface area contributed by atoms with Crippen molar-refractivity contribution < 1.29 is 29.6 Å². The minimum absolute atomic E-state index is 0.200. The Balaban J connectivity index is 1.64. The molecule has 1 amide bonds. The van der Waals surface area contributed by atoms with E-state index in [2.05, 4.69) is 12.2 Å². The number of hydrogen-bond acceptors (Lipinski definition) is 6. The van der Waals surface area contributed by atoms with Crippen LogP contribution in [0.3, 0.4) is 0 Å². The maximum atomic E-state index is 12.6. The van der Waals surface area contributed by atoms with Gasteiger partial charge in [0.15, 0.2) is 6.29 Å². The molecule has 1 fully saturated rings. The van der Waals surface area contributed by atoms with E-state index >= 15 is 0 Å². The van der Waals surface area contributed by atoms with Crippen molar-refractivity contribution in [2.75, 3.05) is 6.61 Å². The molecule has 0 bridgehead atoms. The first-order chi connectivity index (χ1) is 17.6. The minimum Gasteiger partial charge on any atom is -0.394 e. The number of unbranched alkanes of at least 4 members (excludes halogenated alkanes) is 12. The third kappa shape index (κ3) is 11.7. The summed E-state index contributed by atoms with van der Waals surface area (Å²) in [6, 6.07) is 8.58. The maximum absolute atomic E-state index is 12.6. The van der Waals surface area contributed by atoms with Gasteiger partial charge in [0.1, 0.15) is 24.4 Å². The summed E-state index contributed by atoms with van der Waals surface area (Å²) in [5.74, 6) is -0.200. The lowest BCUT2D eigenvalue weighted by Crippen LogP contribution is -2.64. The number of aliphatic hydroxyl groups is 3. The summed E-state index contributed by atoms with van der Waals surface area (Å²) < 4.78 is 11.5. The first-order valence-corrected chi connectivity index (χ1v) is 14.1. The smallest absolute Gasteiger partial charge is 0.220 e. The quantitative estimate of drug-likeness (QED) is 0.204. The molecule has 0 spiro atoms. The standard InChI is InChI=1S/C29H49NO6/c1-2-3-4-5-6-7-8-9-10-11-12-13-17-20-25(32)30-26-28(34)27(33)24(21-31)36-29(26)35-22-23-18-15-14-16-19-23/h14-16,18-19,24,26-29,31,33-34H,2-13,17,20-22H2,1H3,(H,30,32)/t24-,26+,27-,28-,29+/m1/s1. The second-order valence-electron chi connectivity index (χ2n) is 10.1. The van der Waals surface area contributed by atoms with Crippen LogP contribution in [0.2, 0.25) is 0 Å². The fourth-order valence-electron chi connectivity index (χ4n) is 4.69. The molecule has 1 aliphatic heterocycles. The van der Waals surface area contributed by atoms with Gasteiger partial charge < -0.3 is 30.1 Å². The van der Waals surface area contributed by atoms with Crippen molar-refractivity contribution in [3.63, 3.8) is 0 Å². The van der Waals surface area contributed by atoms with Gasteiger partial charge in [-0.3, -0.25) is 4.79 Å². The second-order valence-corrected chi connectivity index (χ2v) is 10.1. The molecular weight excluding hydrogens is 458 g/mol. The van der Waals surface area contributed by atoms with Crippen LogP contribution in [0, 0.1) is 0 Å². The first kappa shape index (κ1) is 30.7. The second kappa shape index (κ2) is 18.7. The van der Waals surface area contributed by atoms with Crippen LogP contribution < -0.4 is 5.32 Å². The van der Waals surface area contributed by atoms with Crippen molar-refractivity contribution in [2.24, 2.45) is 0 Å². The summed E-state index contributed by atoms with van der Waals surface area (Å²) in [4.78, 5) is 12.6. The van der Waals surface area contributed by atoms with Crippen LogP contribution in [-0.2, 0) is 20.9 Å². The van der Waals surface area contributed by atoms with E-state index in [4.69, 9.17) is 9.47 Å². The molecule has 0 unspecified atom stereocenters. The first-order valence-electron chi connectivity index (χ1n) is 14.1. The Morgan fingerprint density at radius 2 is 1.42 bits per heavy atom. The third-order valence-electron chi connectivity index (χ3n) is 6.97. The number of rotatable bonds is 19. The van der Waals surface area contributed by atoms with E-state index in [1.165, 1.54) is 64.2 Å². The highest BCUT2D eigenvalue weighted by Gasteiger charge is 2.45. The van der Waals surface area contributed by atoms with Crippen LogP contribution in [0.15, 0.2) is 30.3 Å². The van der Waals surface area contributed by atoms with Gasteiger partial charge in [0.05, 0.1) is 13.2 Å². The molecule has 7 heteroatoms. The molecule has 2 rings (SSSR count). The Kier molecular flexibility index (Phi) is 15.9.